The molecular weight excluding hydrogens is 630 g/mol. The summed E-state index contributed by atoms with van der Waals surface area (Å²) >= 11 is 0. The molecule has 0 fully saturated rings. The SMILES string of the molecule is COc1cccc(CNc2nc(NCCOCCOCCNC(=O)c3ccccc3)nc(NCCC(c3ccccc3)c3ccccc3)n2)c1. The molecule has 0 unspecified atom stereocenters. The first-order valence-corrected chi connectivity index (χ1v) is 16.9. The Labute approximate surface area is 293 Å². The van der Waals surface area contributed by atoms with E-state index in [1.54, 1.807) is 19.2 Å². The Morgan fingerprint density at radius 1 is 0.620 bits per heavy atom. The molecule has 0 spiro atoms. The number of aromatic nitrogens is 3. The first kappa shape index (κ1) is 35.8. The Balaban J connectivity index is 1.11. The normalized spacial score (nSPS) is 10.8. The van der Waals surface area contributed by atoms with Crippen LogP contribution < -0.4 is 26.0 Å². The molecule has 0 aliphatic heterocycles. The molecule has 0 radical (unpaired) electrons. The minimum absolute atomic E-state index is 0.115. The Hall–Kier alpha value is -5.52. The highest BCUT2D eigenvalue weighted by atomic mass is 16.5. The molecule has 1 heterocycles. The number of nitrogens with zero attached hydrogens (tertiary/aromatic N) is 3. The van der Waals surface area contributed by atoms with Crippen LogP contribution >= 0.6 is 0 Å². The molecule has 0 aliphatic rings. The number of hydrogen-bond donors (Lipinski definition) is 4. The van der Waals surface area contributed by atoms with E-state index in [4.69, 9.17) is 14.2 Å². The lowest BCUT2D eigenvalue weighted by atomic mass is 9.88. The van der Waals surface area contributed by atoms with E-state index in [-0.39, 0.29) is 11.8 Å². The number of amides is 1. The average Bonchev–Trinajstić information content (AvgIpc) is 3.17. The minimum Gasteiger partial charge on any atom is -0.497 e. The van der Waals surface area contributed by atoms with Crippen molar-refractivity contribution in [3.05, 3.63) is 138 Å². The van der Waals surface area contributed by atoms with Crippen LogP contribution in [0.2, 0.25) is 0 Å². The van der Waals surface area contributed by atoms with Gasteiger partial charge in [0.1, 0.15) is 5.75 Å². The molecule has 4 aromatic carbocycles. The van der Waals surface area contributed by atoms with Gasteiger partial charge in [0.15, 0.2) is 0 Å². The summed E-state index contributed by atoms with van der Waals surface area (Å²) in [7, 11) is 1.65. The third-order valence-electron chi connectivity index (χ3n) is 7.81. The minimum atomic E-state index is -0.115. The molecule has 11 heteroatoms. The molecule has 0 atom stereocenters. The maximum absolute atomic E-state index is 12.1. The van der Waals surface area contributed by atoms with Crippen LogP contribution in [0.15, 0.2) is 115 Å². The standard InChI is InChI=1S/C39H45N7O4/c1-48-34-19-11-12-30(28-34)29-43-39-45-37(41-21-20-35(31-13-5-2-6-14-31)32-15-7-3-8-16-32)44-38(46-39)42-23-25-50-27-26-49-24-22-40-36(47)33-17-9-4-10-18-33/h2-19,28,35H,20-27,29H2,1H3,(H,40,47)(H3,41,42,43,44,45,46). The summed E-state index contributed by atoms with van der Waals surface area (Å²) in [6.45, 7) is 3.79. The molecule has 11 nitrogen and oxygen atoms in total. The zero-order valence-electron chi connectivity index (χ0n) is 28.4. The van der Waals surface area contributed by atoms with Crippen LogP contribution in [0.25, 0.3) is 0 Å². The van der Waals surface area contributed by atoms with E-state index in [2.05, 4.69) is 84.8 Å². The van der Waals surface area contributed by atoms with Gasteiger partial charge in [-0.25, -0.2) is 0 Å². The van der Waals surface area contributed by atoms with Crippen molar-refractivity contribution in [2.24, 2.45) is 0 Å². The van der Waals surface area contributed by atoms with Crippen LogP contribution in [0.1, 0.15) is 39.4 Å². The molecule has 0 bridgehead atoms. The average molecular weight is 676 g/mol. The van der Waals surface area contributed by atoms with Gasteiger partial charge in [0.05, 0.1) is 33.5 Å². The van der Waals surface area contributed by atoms with Gasteiger partial charge in [-0.3, -0.25) is 4.79 Å². The first-order valence-electron chi connectivity index (χ1n) is 16.9. The highest BCUT2D eigenvalue weighted by molar-refractivity contribution is 5.94. The molecule has 260 valence electrons. The molecule has 50 heavy (non-hydrogen) atoms. The van der Waals surface area contributed by atoms with Gasteiger partial charge in [0.25, 0.3) is 5.91 Å². The molecule has 1 amide bonds. The monoisotopic (exact) mass is 675 g/mol. The summed E-state index contributed by atoms with van der Waals surface area (Å²) in [5.74, 6) is 2.26. The quantitative estimate of drug-likeness (QED) is 0.0687. The topological polar surface area (TPSA) is 132 Å². The molecule has 0 aliphatic carbocycles. The van der Waals surface area contributed by atoms with Crippen LogP contribution in [-0.2, 0) is 16.0 Å². The van der Waals surface area contributed by atoms with Crippen LogP contribution in [-0.4, -0.2) is 74.0 Å². The van der Waals surface area contributed by atoms with Crippen molar-refractivity contribution in [1.82, 2.24) is 20.3 Å². The van der Waals surface area contributed by atoms with Crippen molar-refractivity contribution in [3.8, 4) is 5.75 Å². The number of ether oxygens (including phenoxy) is 3. The van der Waals surface area contributed by atoms with E-state index in [0.29, 0.717) is 76.0 Å². The fraction of sp³-hybridized carbons (Fsp3) is 0.282. The van der Waals surface area contributed by atoms with Crippen molar-refractivity contribution in [3.63, 3.8) is 0 Å². The van der Waals surface area contributed by atoms with Gasteiger partial charge in [0.2, 0.25) is 17.8 Å². The summed E-state index contributed by atoms with van der Waals surface area (Å²) in [4.78, 5) is 26.0. The van der Waals surface area contributed by atoms with Crippen molar-refractivity contribution in [2.75, 3.05) is 69.1 Å². The fourth-order valence-electron chi connectivity index (χ4n) is 5.29. The molecule has 1 aromatic heterocycles. The molecule has 4 N–H and O–H groups in total. The highest BCUT2D eigenvalue weighted by Crippen LogP contribution is 2.28. The zero-order chi connectivity index (χ0) is 34.6. The Morgan fingerprint density at radius 2 is 1.18 bits per heavy atom. The number of benzene rings is 4. The van der Waals surface area contributed by atoms with Crippen LogP contribution in [0.3, 0.4) is 0 Å². The van der Waals surface area contributed by atoms with Crippen LogP contribution in [0, 0.1) is 0 Å². The second-order valence-corrected chi connectivity index (χ2v) is 11.4. The van der Waals surface area contributed by atoms with Gasteiger partial charge in [-0.15, -0.1) is 0 Å². The van der Waals surface area contributed by atoms with Gasteiger partial charge in [-0.05, 0) is 47.4 Å². The van der Waals surface area contributed by atoms with Crippen molar-refractivity contribution in [2.45, 2.75) is 18.9 Å². The number of carbonyl (C=O) groups excluding carboxylic acids is 1. The van der Waals surface area contributed by atoms with Gasteiger partial charge in [0, 0.05) is 37.7 Å². The maximum atomic E-state index is 12.1. The lowest BCUT2D eigenvalue weighted by molar-refractivity contribution is 0.0519. The number of carbonyl (C=O) groups is 1. The van der Waals surface area contributed by atoms with E-state index in [1.807, 2.05) is 54.6 Å². The number of nitrogens with one attached hydrogen (secondary N) is 4. The summed E-state index contributed by atoms with van der Waals surface area (Å²) in [5.41, 5.74) is 4.19. The summed E-state index contributed by atoms with van der Waals surface area (Å²) in [6, 6.07) is 38.0. The van der Waals surface area contributed by atoms with E-state index < -0.39 is 0 Å². The zero-order valence-corrected chi connectivity index (χ0v) is 28.4. The highest BCUT2D eigenvalue weighted by Gasteiger charge is 2.14. The predicted molar refractivity (Wildman–Crippen MR) is 197 cm³/mol. The second-order valence-electron chi connectivity index (χ2n) is 11.4. The third kappa shape index (κ3) is 11.9. The summed E-state index contributed by atoms with van der Waals surface area (Å²) in [6.07, 6.45) is 0.852. The fourth-order valence-corrected chi connectivity index (χ4v) is 5.29. The number of methoxy groups -OCH3 is 1. The summed E-state index contributed by atoms with van der Waals surface area (Å²) in [5, 5.41) is 12.9. The van der Waals surface area contributed by atoms with E-state index in [9.17, 15) is 4.79 Å². The van der Waals surface area contributed by atoms with Gasteiger partial charge in [-0.2, -0.15) is 15.0 Å². The van der Waals surface area contributed by atoms with Gasteiger partial charge < -0.3 is 35.5 Å². The lowest BCUT2D eigenvalue weighted by Gasteiger charge is -2.19. The van der Waals surface area contributed by atoms with Crippen molar-refractivity contribution >= 4 is 23.8 Å². The predicted octanol–water partition coefficient (Wildman–Crippen LogP) is 6.00. The summed E-state index contributed by atoms with van der Waals surface area (Å²) < 4.78 is 16.7. The number of anilines is 3. The number of hydrogen-bond acceptors (Lipinski definition) is 10. The number of rotatable bonds is 21. The Bertz CT molecular complexity index is 1670. The lowest BCUT2D eigenvalue weighted by Crippen LogP contribution is -2.27. The molecule has 5 aromatic rings. The van der Waals surface area contributed by atoms with Crippen molar-refractivity contribution < 1.29 is 19.0 Å². The van der Waals surface area contributed by atoms with E-state index in [1.165, 1.54) is 11.1 Å². The first-order chi connectivity index (χ1) is 24.7. The van der Waals surface area contributed by atoms with Crippen LogP contribution in [0.4, 0.5) is 17.8 Å². The maximum Gasteiger partial charge on any atom is 0.251 e. The second kappa shape index (κ2) is 20.1. The van der Waals surface area contributed by atoms with E-state index >= 15 is 0 Å². The molecule has 5 rings (SSSR count). The Kier molecular flexibility index (Phi) is 14.4. The van der Waals surface area contributed by atoms with Crippen LogP contribution in [0.5, 0.6) is 5.75 Å². The van der Waals surface area contributed by atoms with Gasteiger partial charge >= 0.3 is 0 Å². The van der Waals surface area contributed by atoms with Gasteiger partial charge in [-0.1, -0.05) is 91.0 Å². The molecular formula is C39H45N7O4. The largest absolute Gasteiger partial charge is 0.497 e. The Morgan fingerprint density at radius 3 is 1.80 bits per heavy atom. The van der Waals surface area contributed by atoms with Crippen molar-refractivity contribution in [1.29, 1.82) is 0 Å². The van der Waals surface area contributed by atoms with E-state index in [0.717, 1.165) is 17.7 Å². The molecule has 0 saturated heterocycles. The molecule has 0 saturated carbocycles. The third-order valence-corrected chi connectivity index (χ3v) is 7.81. The smallest absolute Gasteiger partial charge is 0.251 e.